The highest BCUT2D eigenvalue weighted by molar-refractivity contribution is 5.76. The van der Waals surface area contributed by atoms with E-state index in [-0.39, 0.29) is 11.9 Å². The molecule has 1 fully saturated rings. The minimum Gasteiger partial charge on any atom is -0.353 e. The van der Waals surface area contributed by atoms with Gasteiger partial charge in [-0.25, -0.2) is 0 Å². The second-order valence-corrected chi connectivity index (χ2v) is 5.57. The third-order valence-electron chi connectivity index (χ3n) is 3.90. The minimum atomic E-state index is 0.175. The Balaban J connectivity index is 1.57. The van der Waals surface area contributed by atoms with Crippen molar-refractivity contribution in [3.63, 3.8) is 0 Å². The molecule has 3 N–H and O–H groups in total. The molecule has 2 aliphatic carbocycles. The maximum Gasteiger partial charge on any atom is 0.222 e. The van der Waals surface area contributed by atoms with Crippen LogP contribution in [0, 0.1) is 0 Å². The van der Waals surface area contributed by atoms with Crippen LogP contribution < -0.4 is 11.1 Å². The summed E-state index contributed by atoms with van der Waals surface area (Å²) in [7, 11) is 0. The number of carbonyl (C=O) groups excluding carboxylic acids is 1. The molecule has 1 saturated carbocycles. The lowest BCUT2D eigenvalue weighted by Crippen LogP contribution is -2.26. The normalized spacial score (nSPS) is 22.6. The first-order valence-corrected chi connectivity index (χ1v) is 6.96. The fourth-order valence-corrected chi connectivity index (χ4v) is 2.67. The molecule has 1 amide bonds. The number of nitrogens with zero attached hydrogens (tertiary/aromatic N) is 1. The fraction of sp³-hybridized carbons (Fsp3) is 0.643. The first kappa shape index (κ1) is 11.8. The molecule has 0 aromatic carbocycles. The SMILES string of the molecule is NC1CCCc2cn(CCC(=O)NC3CC3)cc21. The maximum absolute atomic E-state index is 11.6. The van der Waals surface area contributed by atoms with E-state index >= 15 is 0 Å². The highest BCUT2D eigenvalue weighted by Gasteiger charge is 2.23. The molecular weight excluding hydrogens is 226 g/mol. The molecule has 0 radical (unpaired) electrons. The number of nitrogens with one attached hydrogen (secondary N) is 1. The van der Waals surface area contributed by atoms with E-state index in [2.05, 4.69) is 22.3 Å². The van der Waals surface area contributed by atoms with Crippen molar-refractivity contribution in [3.05, 3.63) is 23.5 Å². The van der Waals surface area contributed by atoms with Gasteiger partial charge in [0.15, 0.2) is 0 Å². The Morgan fingerprint density at radius 3 is 2.94 bits per heavy atom. The molecule has 4 heteroatoms. The molecular formula is C14H21N3O. The van der Waals surface area contributed by atoms with E-state index in [1.54, 1.807) is 0 Å². The Hall–Kier alpha value is -1.29. The minimum absolute atomic E-state index is 0.175. The van der Waals surface area contributed by atoms with E-state index in [1.807, 2.05) is 0 Å². The van der Waals surface area contributed by atoms with Crippen molar-refractivity contribution in [1.29, 1.82) is 0 Å². The van der Waals surface area contributed by atoms with Crippen molar-refractivity contribution in [2.45, 2.75) is 57.2 Å². The second-order valence-electron chi connectivity index (χ2n) is 5.57. The van der Waals surface area contributed by atoms with Crippen LogP contribution in [0.5, 0.6) is 0 Å². The average Bonchev–Trinajstić information content (AvgIpc) is 3.04. The molecule has 2 aliphatic rings. The van der Waals surface area contributed by atoms with Gasteiger partial charge in [0.2, 0.25) is 5.91 Å². The Labute approximate surface area is 108 Å². The van der Waals surface area contributed by atoms with Crippen molar-refractivity contribution in [1.82, 2.24) is 9.88 Å². The third kappa shape index (κ3) is 2.58. The monoisotopic (exact) mass is 247 g/mol. The van der Waals surface area contributed by atoms with Crippen LogP contribution in [0.15, 0.2) is 12.4 Å². The number of carbonyl (C=O) groups is 1. The largest absolute Gasteiger partial charge is 0.353 e. The quantitative estimate of drug-likeness (QED) is 0.847. The first-order valence-electron chi connectivity index (χ1n) is 6.96. The number of aryl methyl sites for hydroxylation is 2. The lowest BCUT2D eigenvalue weighted by Gasteiger charge is -2.17. The summed E-state index contributed by atoms with van der Waals surface area (Å²) in [4.78, 5) is 11.6. The highest BCUT2D eigenvalue weighted by atomic mass is 16.1. The zero-order chi connectivity index (χ0) is 12.5. The number of hydrogen-bond donors (Lipinski definition) is 2. The van der Waals surface area contributed by atoms with Crippen LogP contribution >= 0.6 is 0 Å². The van der Waals surface area contributed by atoms with Gasteiger partial charge in [0, 0.05) is 37.4 Å². The summed E-state index contributed by atoms with van der Waals surface area (Å²) >= 11 is 0. The predicted octanol–water partition coefficient (Wildman–Crippen LogP) is 1.49. The van der Waals surface area contributed by atoms with E-state index in [9.17, 15) is 4.79 Å². The van der Waals surface area contributed by atoms with Gasteiger partial charge < -0.3 is 15.6 Å². The lowest BCUT2D eigenvalue weighted by atomic mass is 9.92. The molecule has 1 heterocycles. The first-order chi connectivity index (χ1) is 8.72. The van der Waals surface area contributed by atoms with E-state index in [1.165, 1.54) is 17.5 Å². The summed E-state index contributed by atoms with van der Waals surface area (Å²) < 4.78 is 2.13. The van der Waals surface area contributed by atoms with Crippen molar-refractivity contribution in [2.24, 2.45) is 5.73 Å². The Kier molecular flexibility index (Phi) is 3.12. The van der Waals surface area contributed by atoms with Gasteiger partial charge in [-0.05, 0) is 43.2 Å². The molecule has 0 bridgehead atoms. The van der Waals surface area contributed by atoms with E-state index in [0.29, 0.717) is 12.5 Å². The molecule has 0 spiro atoms. The zero-order valence-corrected chi connectivity index (χ0v) is 10.7. The fourth-order valence-electron chi connectivity index (χ4n) is 2.67. The van der Waals surface area contributed by atoms with Gasteiger partial charge in [0.1, 0.15) is 0 Å². The molecule has 1 atom stereocenters. The number of fused-ring (bicyclic) bond motifs is 1. The van der Waals surface area contributed by atoms with Gasteiger partial charge in [-0.3, -0.25) is 4.79 Å². The molecule has 98 valence electrons. The van der Waals surface area contributed by atoms with Crippen molar-refractivity contribution < 1.29 is 4.79 Å². The number of rotatable bonds is 4. The van der Waals surface area contributed by atoms with Crippen LogP contribution in [-0.4, -0.2) is 16.5 Å². The number of aromatic nitrogens is 1. The molecule has 4 nitrogen and oxygen atoms in total. The van der Waals surface area contributed by atoms with Crippen molar-refractivity contribution in [3.8, 4) is 0 Å². The Morgan fingerprint density at radius 2 is 2.22 bits per heavy atom. The lowest BCUT2D eigenvalue weighted by molar-refractivity contribution is -0.121. The van der Waals surface area contributed by atoms with Gasteiger partial charge in [-0.2, -0.15) is 0 Å². The maximum atomic E-state index is 11.6. The summed E-state index contributed by atoms with van der Waals surface area (Å²) in [6, 6.07) is 0.652. The molecule has 3 rings (SSSR count). The van der Waals surface area contributed by atoms with E-state index in [4.69, 9.17) is 5.73 Å². The van der Waals surface area contributed by atoms with Crippen molar-refractivity contribution >= 4 is 5.91 Å². The van der Waals surface area contributed by atoms with Crippen LogP contribution in [0.2, 0.25) is 0 Å². The highest BCUT2D eigenvalue weighted by Crippen LogP contribution is 2.28. The molecule has 1 unspecified atom stereocenters. The molecule has 0 aliphatic heterocycles. The predicted molar refractivity (Wildman–Crippen MR) is 70.1 cm³/mol. The van der Waals surface area contributed by atoms with Gasteiger partial charge in [0.05, 0.1) is 0 Å². The Bertz CT molecular complexity index is 448. The smallest absolute Gasteiger partial charge is 0.222 e. The van der Waals surface area contributed by atoms with Crippen LogP contribution in [0.25, 0.3) is 0 Å². The molecule has 1 aromatic rings. The van der Waals surface area contributed by atoms with Crippen LogP contribution in [0.1, 0.15) is 49.3 Å². The van der Waals surface area contributed by atoms with E-state index in [0.717, 1.165) is 32.2 Å². The zero-order valence-electron chi connectivity index (χ0n) is 10.7. The van der Waals surface area contributed by atoms with E-state index < -0.39 is 0 Å². The van der Waals surface area contributed by atoms with Gasteiger partial charge in [-0.15, -0.1) is 0 Å². The average molecular weight is 247 g/mol. The van der Waals surface area contributed by atoms with Crippen LogP contribution in [-0.2, 0) is 17.8 Å². The molecule has 0 saturated heterocycles. The van der Waals surface area contributed by atoms with Crippen molar-refractivity contribution in [2.75, 3.05) is 0 Å². The topological polar surface area (TPSA) is 60.0 Å². The number of nitrogens with two attached hydrogens (primary N) is 1. The van der Waals surface area contributed by atoms with Crippen LogP contribution in [0.3, 0.4) is 0 Å². The Morgan fingerprint density at radius 1 is 1.39 bits per heavy atom. The van der Waals surface area contributed by atoms with Crippen LogP contribution in [0.4, 0.5) is 0 Å². The molecule has 1 aromatic heterocycles. The number of amides is 1. The van der Waals surface area contributed by atoms with Gasteiger partial charge in [0.25, 0.3) is 0 Å². The van der Waals surface area contributed by atoms with Gasteiger partial charge >= 0.3 is 0 Å². The molecule has 18 heavy (non-hydrogen) atoms. The summed E-state index contributed by atoms with van der Waals surface area (Å²) in [5.74, 6) is 0.175. The third-order valence-corrected chi connectivity index (χ3v) is 3.90. The van der Waals surface area contributed by atoms with Gasteiger partial charge in [-0.1, -0.05) is 0 Å². The summed E-state index contributed by atoms with van der Waals surface area (Å²) in [5, 5.41) is 3.02. The summed E-state index contributed by atoms with van der Waals surface area (Å²) in [6.07, 6.45) is 10.6. The standard InChI is InChI=1S/C14H21N3O/c15-13-3-1-2-10-8-17(9-12(10)13)7-6-14(18)16-11-4-5-11/h8-9,11,13H,1-7,15H2,(H,16,18). The summed E-state index contributed by atoms with van der Waals surface area (Å²) in [5.41, 5.74) is 8.75. The number of hydrogen-bond acceptors (Lipinski definition) is 2. The summed E-state index contributed by atoms with van der Waals surface area (Å²) in [6.45, 7) is 0.762. The second kappa shape index (κ2) is 4.76.